The SMILES string of the molecule is C[Si]([Se])([Se])[Si](C)([Se])[Se].[CH3][Sn][CH3].[CH3][Sn][CH3]. The van der Waals surface area contributed by atoms with E-state index in [4.69, 9.17) is 0 Å². The molecule has 0 rings (SSSR count). The molecular weight excluding hydrogens is 681 g/mol. The molecule has 0 N–H and O–H groups in total. The molecule has 0 nitrogen and oxygen atoms in total. The average Bonchev–Trinajstić information content (AvgIpc) is 1.85. The first-order valence-electron chi connectivity index (χ1n) is 4.07. The molecule has 0 unspecified atom stereocenters. The zero-order valence-electron chi connectivity index (χ0n) is 9.63. The van der Waals surface area contributed by atoms with Crippen molar-refractivity contribution in [1.82, 2.24) is 0 Å². The van der Waals surface area contributed by atoms with E-state index >= 15 is 0 Å². The normalized spacial score (nSPS) is 10.7. The summed E-state index contributed by atoms with van der Waals surface area (Å²) >= 11 is 13.4. The topological polar surface area (TPSA) is 0 Å². The Balaban J connectivity index is -0.000000168. The molecule has 0 atom stereocenters. The summed E-state index contributed by atoms with van der Waals surface area (Å²) in [4.78, 5) is 7.02. The third-order valence-corrected chi connectivity index (χ3v) is 61.8. The van der Waals surface area contributed by atoms with Crippen LogP contribution in [-0.4, -0.2) is 113 Å². The van der Waals surface area contributed by atoms with Crippen LogP contribution >= 0.6 is 0 Å². The number of hydrogen-bond donors (Lipinski definition) is 0. The molecule has 0 aromatic carbocycles. The summed E-state index contributed by atoms with van der Waals surface area (Å²) in [6.45, 7) is 4.60. The summed E-state index contributed by atoms with van der Waals surface area (Å²) in [6.07, 6.45) is 0. The predicted molar refractivity (Wildman–Crippen MR) is 81.2 cm³/mol. The zero-order chi connectivity index (χ0) is 12.4. The van der Waals surface area contributed by atoms with Crippen molar-refractivity contribution in [2.45, 2.75) is 32.9 Å². The molecule has 0 aliphatic heterocycles. The van der Waals surface area contributed by atoms with Gasteiger partial charge in [0.05, 0.1) is 0 Å². The Morgan fingerprint density at radius 1 is 0.643 bits per heavy atom. The maximum absolute atomic E-state index is 3.24. The van der Waals surface area contributed by atoms with Crippen LogP contribution in [0.5, 0.6) is 0 Å². The second kappa shape index (κ2) is 13.5. The van der Waals surface area contributed by atoms with Crippen molar-refractivity contribution in [3.05, 3.63) is 0 Å². The van der Waals surface area contributed by atoms with E-state index in [-0.39, 0.29) is 42.3 Å². The molecule has 82 valence electrons. The quantitative estimate of drug-likeness (QED) is 0.350. The first-order valence-corrected chi connectivity index (χ1v) is 31.4. The van der Waals surface area contributed by atoms with Crippen LogP contribution < -0.4 is 0 Å². The van der Waals surface area contributed by atoms with Crippen molar-refractivity contribution in [1.29, 1.82) is 0 Å². The third kappa shape index (κ3) is 21.4. The van der Waals surface area contributed by atoms with E-state index in [1.165, 1.54) is 0 Å². The summed E-state index contributed by atoms with van der Waals surface area (Å²) in [7, 11) is 0. The van der Waals surface area contributed by atoms with Gasteiger partial charge in [-0.3, -0.25) is 0 Å². The van der Waals surface area contributed by atoms with E-state index in [2.05, 4.69) is 94.3 Å². The first kappa shape index (κ1) is 23.2. The van der Waals surface area contributed by atoms with Gasteiger partial charge < -0.3 is 0 Å². The van der Waals surface area contributed by atoms with Crippen LogP contribution in [0, 0.1) is 0 Å². The van der Waals surface area contributed by atoms with Gasteiger partial charge in [-0.05, 0) is 0 Å². The average molecular weight is 700 g/mol. The molecule has 8 radical (unpaired) electrons. The van der Waals surface area contributed by atoms with Crippen LogP contribution in [-0.2, 0) is 0 Å². The summed E-state index contributed by atoms with van der Waals surface area (Å²) in [5.41, 5.74) is 0. The van der Waals surface area contributed by atoms with Gasteiger partial charge in [0.2, 0.25) is 0 Å². The minimum atomic E-state index is -1.08. The number of hydrogen-bond acceptors (Lipinski definition) is 0. The van der Waals surface area contributed by atoms with Crippen molar-refractivity contribution in [3.8, 4) is 0 Å². The third-order valence-electron chi connectivity index (χ3n) is 0.825. The molecule has 0 amide bonds. The Kier molecular flexibility index (Phi) is 22.5. The summed E-state index contributed by atoms with van der Waals surface area (Å²) < 4.78 is 0. The second-order valence-corrected chi connectivity index (χ2v) is 56.5. The fourth-order valence-electron chi connectivity index (χ4n) is 0. The summed E-state index contributed by atoms with van der Waals surface area (Å²) in [5, 5.41) is 0. The molecule has 0 aromatic heterocycles. The summed E-state index contributed by atoms with van der Waals surface area (Å²) in [6, 6.07) is 0. The molecule has 0 bridgehead atoms. The van der Waals surface area contributed by atoms with Gasteiger partial charge in [0.15, 0.2) is 0 Å². The van der Waals surface area contributed by atoms with Gasteiger partial charge in [0, 0.05) is 0 Å². The Labute approximate surface area is 143 Å². The van der Waals surface area contributed by atoms with Crippen LogP contribution in [0.15, 0.2) is 0 Å². The van der Waals surface area contributed by atoms with Crippen LogP contribution in [0.2, 0.25) is 32.9 Å². The number of rotatable bonds is 1. The van der Waals surface area contributed by atoms with E-state index < -0.39 is 9.61 Å². The van der Waals surface area contributed by atoms with Crippen molar-refractivity contribution in [2.75, 3.05) is 0 Å². The monoisotopic (exact) mass is 706 g/mol. The van der Waals surface area contributed by atoms with E-state index in [0.29, 0.717) is 0 Å². The van der Waals surface area contributed by atoms with Gasteiger partial charge >= 0.3 is 146 Å². The minimum absolute atomic E-state index is 0.230. The molecule has 0 aliphatic carbocycles. The van der Waals surface area contributed by atoms with E-state index in [9.17, 15) is 0 Å². The van der Waals surface area contributed by atoms with Gasteiger partial charge in [-0.25, -0.2) is 0 Å². The second-order valence-electron chi connectivity index (χ2n) is 2.89. The van der Waals surface area contributed by atoms with Crippen LogP contribution in [0.3, 0.4) is 0 Å². The molecule has 0 heterocycles. The Morgan fingerprint density at radius 2 is 0.714 bits per heavy atom. The molecular formula is C6H18Se4Si2Sn2. The fraction of sp³-hybridized carbons (Fsp3) is 1.00. The predicted octanol–water partition coefficient (Wildman–Crippen LogP) is 0.456. The standard InChI is InChI=1S/C2H6Se4Si2.4CH3.2Sn/c1-7(3,4)8(2,5)6;;;;;;/h1-2H3;4*1H3;;. The van der Waals surface area contributed by atoms with Gasteiger partial charge in [-0.15, -0.1) is 0 Å². The van der Waals surface area contributed by atoms with Gasteiger partial charge in [0.25, 0.3) is 0 Å². The van der Waals surface area contributed by atoms with Crippen molar-refractivity contribution in [2.24, 2.45) is 0 Å². The van der Waals surface area contributed by atoms with E-state index in [0.717, 1.165) is 0 Å². The Hall–Kier alpha value is 4.11. The molecule has 0 saturated carbocycles. The molecule has 0 aliphatic rings. The summed E-state index contributed by atoms with van der Waals surface area (Å²) in [5.74, 6) is 0. The van der Waals surface area contributed by atoms with Gasteiger partial charge in [-0.2, -0.15) is 0 Å². The molecule has 0 aromatic rings. The molecule has 0 spiro atoms. The molecule has 14 heavy (non-hydrogen) atoms. The molecule has 0 saturated heterocycles. The zero-order valence-corrected chi connectivity index (χ0v) is 24.2. The van der Waals surface area contributed by atoms with Gasteiger partial charge in [-0.1, -0.05) is 0 Å². The van der Waals surface area contributed by atoms with E-state index in [1.807, 2.05) is 0 Å². The first-order chi connectivity index (χ1) is 6.08. The van der Waals surface area contributed by atoms with E-state index in [1.54, 1.807) is 0 Å². The van der Waals surface area contributed by atoms with Crippen LogP contribution in [0.1, 0.15) is 0 Å². The maximum atomic E-state index is 3.24. The Bertz CT molecular complexity index is 99.4. The van der Waals surface area contributed by atoms with Crippen molar-refractivity contribution < 1.29 is 0 Å². The Morgan fingerprint density at radius 3 is 0.714 bits per heavy atom. The van der Waals surface area contributed by atoms with Crippen molar-refractivity contribution >= 4 is 113 Å². The van der Waals surface area contributed by atoms with Crippen LogP contribution in [0.25, 0.3) is 0 Å². The van der Waals surface area contributed by atoms with Gasteiger partial charge in [0.1, 0.15) is 0 Å². The molecule has 8 heteroatoms. The fourth-order valence-corrected chi connectivity index (χ4v) is 0. The van der Waals surface area contributed by atoms with Crippen molar-refractivity contribution in [3.63, 3.8) is 0 Å². The van der Waals surface area contributed by atoms with Crippen LogP contribution in [0.4, 0.5) is 0 Å². The molecule has 0 fully saturated rings.